The van der Waals surface area contributed by atoms with E-state index in [9.17, 15) is 9.59 Å². The third-order valence-corrected chi connectivity index (χ3v) is 2.17. The Labute approximate surface area is 86.3 Å². The molecule has 0 radical (unpaired) electrons. The molecule has 0 spiro atoms. The van der Waals surface area contributed by atoms with Gasteiger partial charge in [0, 0.05) is 5.56 Å². The number of ketones is 1. The number of Topliss-reactive ketones (excluding diaryl/α,β-unsaturated/α-hetero) is 1. The van der Waals surface area contributed by atoms with Crippen LogP contribution in [0.25, 0.3) is 0 Å². The first kappa shape index (κ1) is 9.67. The molecule has 1 aromatic carbocycles. The van der Waals surface area contributed by atoms with Crippen molar-refractivity contribution >= 4 is 17.4 Å². The van der Waals surface area contributed by atoms with Crippen LogP contribution in [0.4, 0.5) is 5.69 Å². The second kappa shape index (κ2) is 3.70. The van der Waals surface area contributed by atoms with Gasteiger partial charge in [-0.2, -0.15) is 0 Å². The molecule has 0 unspecified atom stereocenters. The number of rotatable bonds is 2. The number of benzene rings is 1. The quantitative estimate of drug-likeness (QED) is 0.741. The van der Waals surface area contributed by atoms with Gasteiger partial charge in [0.2, 0.25) is 0 Å². The molecule has 0 atom stereocenters. The number of para-hydroxylation sites is 1. The van der Waals surface area contributed by atoms with Gasteiger partial charge in [0.1, 0.15) is 6.54 Å². The smallest absolute Gasteiger partial charge is 0.319 e. The summed E-state index contributed by atoms with van der Waals surface area (Å²) in [6, 6.07) is 7.05. The van der Waals surface area contributed by atoms with E-state index in [1.807, 2.05) is 0 Å². The largest absolute Gasteiger partial charge is 0.480 e. The van der Waals surface area contributed by atoms with Gasteiger partial charge in [-0.25, -0.2) is 5.01 Å². The predicted octanol–water partition coefficient (Wildman–Crippen LogP) is 0.596. The number of carboxylic acid groups (broad SMARTS) is 1. The van der Waals surface area contributed by atoms with E-state index in [0.29, 0.717) is 11.3 Å². The Morgan fingerprint density at radius 1 is 1.47 bits per heavy atom. The molecule has 0 saturated carbocycles. The molecule has 0 amide bonds. The standard InChI is InChI=1S/C10H10N2O3/c13-9-5-12(6-10(14)15)11-8-4-2-1-3-7(8)9/h1-4,11H,5-6H2,(H,14,15). The van der Waals surface area contributed by atoms with Crippen LogP contribution in [0.3, 0.4) is 0 Å². The van der Waals surface area contributed by atoms with Crippen LogP contribution in [0.5, 0.6) is 0 Å². The van der Waals surface area contributed by atoms with E-state index < -0.39 is 5.97 Å². The van der Waals surface area contributed by atoms with Crippen molar-refractivity contribution in [2.75, 3.05) is 18.5 Å². The van der Waals surface area contributed by atoms with Gasteiger partial charge in [-0.1, -0.05) is 12.1 Å². The molecule has 2 rings (SSSR count). The van der Waals surface area contributed by atoms with Crippen LogP contribution in [0.2, 0.25) is 0 Å². The van der Waals surface area contributed by atoms with Gasteiger partial charge < -0.3 is 10.5 Å². The second-order valence-corrected chi connectivity index (χ2v) is 3.33. The van der Waals surface area contributed by atoms with Gasteiger partial charge in [-0.3, -0.25) is 9.59 Å². The summed E-state index contributed by atoms with van der Waals surface area (Å²) in [5.74, 6) is -1.03. The first-order valence-electron chi connectivity index (χ1n) is 4.52. The normalized spacial score (nSPS) is 15.6. The summed E-state index contributed by atoms with van der Waals surface area (Å²) >= 11 is 0. The summed E-state index contributed by atoms with van der Waals surface area (Å²) in [6.45, 7) is -0.108. The number of aliphatic carboxylic acids is 1. The number of fused-ring (bicyclic) bond motifs is 1. The molecule has 0 fully saturated rings. The minimum Gasteiger partial charge on any atom is -0.480 e. The highest BCUT2D eigenvalue weighted by Gasteiger charge is 2.23. The molecule has 78 valence electrons. The lowest BCUT2D eigenvalue weighted by Crippen LogP contribution is -2.42. The minimum atomic E-state index is -0.963. The van der Waals surface area contributed by atoms with Crippen LogP contribution >= 0.6 is 0 Å². The summed E-state index contributed by atoms with van der Waals surface area (Å²) < 4.78 is 0. The van der Waals surface area contributed by atoms with E-state index in [2.05, 4.69) is 5.43 Å². The average molecular weight is 206 g/mol. The summed E-state index contributed by atoms with van der Waals surface area (Å²) in [6.07, 6.45) is 0. The number of nitrogens with one attached hydrogen (secondary N) is 1. The fourth-order valence-corrected chi connectivity index (χ4v) is 1.55. The fraction of sp³-hybridized carbons (Fsp3) is 0.200. The van der Waals surface area contributed by atoms with Crippen LogP contribution in [0.15, 0.2) is 24.3 Å². The van der Waals surface area contributed by atoms with Crippen molar-refractivity contribution in [3.8, 4) is 0 Å². The number of carbonyl (C=O) groups is 2. The number of carboxylic acids is 1. The average Bonchev–Trinajstić information content (AvgIpc) is 2.16. The van der Waals surface area contributed by atoms with E-state index >= 15 is 0 Å². The number of nitrogens with zero attached hydrogens (tertiary/aromatic N) is 1. The minimum absolute atomic E-state index is 0.0643. The van der Waals surface area contributed by atoms with Gasteiger partial charge in [0.15, 0.2) is 5.78 Å². The molecule has 0 saturated heterocycles. The zero-order valence-corrected chi connectivity index (χ0v) is 7.93. The lowest BCUT2D eigenvalue weighted by molar-refractivity contribution is -0.137. The molecule has 0 bridgehead atoms. The maximum atomic E-state index is 11.6. The Morgan fingerprint density at radius 3 is 2.93 bits per heavy atom. The molecule has 5 heteroatoms. The molecular weight excluding hydrogens is 196 g/mol. The van der Waals surface area contributed by atoms with Crippen molar-refractivity contribution in [1.82, 2.24) is 5.01 Å². The first-order valence-corrected chi connectivity index (χ1v) is 4.52. The van der Waals surface area contributed by atoms with Crippen LogP contribution < -0.4 is 5.43 Å². The predicted molar refractivity (Wildman–Crippen MR) is 53.6 cm³/mol. The molecule has 5 nitrogen and oxygen atoms in total. The number of anilines is 1. The molecule has 1 heterocycles. The summed E-state index contributed by atoms with van der Waals surface area (Å²) in [5, 5.41) is 9.99. The molecule has 1 aliphatic heterocycles. The zero-order valence-electron chi connectivity index (χ0n) is 7.93. The third-order valence-electron chi connectivity index (χ3n) is 2.17. The van der Waals surface area contributed by atoms with Crippen molar-refractivity contribution in [3.63, 3.8) is 0 Å². The van der Waals surface area contributed by atoms with Gasteiger partial charge >= 0.3 is 5.97 Å². The first-order chi connectivity index (χ1) is 7.16. The van der Waals surface area contributed by atoms with E-state index in [1.54, 1.807) is 24.3 Å². The molecule has 0 aliphatic carbocycles. The van der Waals surface area contributed by atoms with Crippen LogP contribution in [-0.4, -0.2) is 35.0 Å². The van der Waals surface area contributed by atoms with E-state index in [1.165, 1.54) is 5.01 Å². The number of hydrogen-bond acceptors (Lipinski definition) is 4. The molecule has 0 aromatic heterocycles. The highest BCUT2D eigenvalue weighted by atomic mass is 16.4. The second-order valence-electron chi connectivity index (χ2n) is 3.33. The highest BCUT2D eigenvalue weighted by Crippen LogP contribution is 2.20. The Bertz CT molecular complexity index is 417. The van der Waals surface area contributed by atoms with Crippen LogP contribution in [-0.2, 0) is 4.79 Å². The van der Waals surface area contributed by atoms with Gasteiger partial charge in [0.25, 0.3) is 0 Å². The van der Waals surface area contributed by atoms with E-state index in [-0.39, 0.29) is 18.9 Å². The molecule has 15 heavy (non-hydrogen) atoms. The van der Waals surface area contributed by atoms with Crippen molar-refractivity contribution in [1.29, 1.82) is 0 Å². The van der Waals surface area contributed by atoms with Crippen molar-refractivity contribution in [3.05, 3.63) is 29.8 Å². The van der Waals surface area contributed by atoms with E-state index in [0.717, 1.165) is 0 Å². The number of hydrazine groups is 1. The van der Waals surface area contributed by atoms with Crippen molar-refractivity contribution in [2.45, 2.75) is 0 Å². The SMILES string of the molecule is O=C(O)CN1CC(=O)c2ccccc2N1. The Balaban J connectivity index is 2.23. The Morgan fingerprint density at radius 2 is 2.20 bits per heavy atom. The maximum absolute atomic E-state index is 11.6. The van der Waals surface area contributed by atoms with Crippen LogP contribution in [0, 0.1) is 0 Å². The molecule has 1 aliphatic rings. The van der Waals surface area contributed by atoms with Crippen molar-refractivity contribution in [2.24, 2.45) is 0 Å². The fourth-order valence-electron chi connectivity index (χ4n) is 1.55. The monoisotopic (exact) mass is 206 g/mol. The molecular formula is C10H10N2O3. The molecule has 1 aromatic rings. The van der Waals surface area contributed by atoms with Gasteiger partial charge in [-0.15, -0.1) is 0 Å². The maximum Gasteiger partial charge on any atom is 0.319 e. The van der Waals surface area contributed by atoms with Gasteiger partial charge in [0.05, 0.1) is 12.2 Å². The van der Waals surface area contributed by atoms with E-state index in [4.69, 9.17) is 5.11 Å². The lowest BCUT2D eigenvalue weighted by Gasteiger charge is -2.27. The lowest BCUT2D eigenvalue weighted by atomic mass is 10.1. The Hall–Kier alpha value is -1.88. The Kier molecular flexibility index (Phi) is 2.39. The topological polar surface area (TPSA) is 69.6 Å². The summed E-state index contributed by atoms with van der Waals surface area (Å²) in [7, 11) is 0. The molecule has 2 N–H and O–H groups in total. The summed E-state index contributed by atoms with van der Waals surface area (Å²) in [4.78, 5) is 22.1. The number of carbonyl (C=O) groups excluding carboxylic acids is 1. The number of hydrogen-bond donors (Lipinski definition) is 2. The van der Waals surface area contributed by atoms with Crippen molar-refractivity contribution < 1.29 is 14.7 Å². The highest BCUT2D eigenvalue weighted by molar-refractivity contribution is 6.04. The zero-order chi connectivity index (χ0) is 10.8. The van der Waals surface area contributed by atoms with Gasteiger partial charge in [-0.05, 0) is 12.1 Å². The summed E-state index contributed by atoms with van der Waals surface area (Å²) in [5.41, 5.74) is 4.16. The van der Waals surface area contributed by atoms with Crippen LogP contribution in [0.1, 0.15) is 10.4 Å². The third kappa shape index (κ3) is 1.97.